The zero-order valence-corrected chi connectivity index (χ0v) is 10.1. The summed E-state index contributed by atoms with van der Waals surface area (Å²) in [5.74, 6) is 1.13. The van der Waals surface area contributed by atoms with Gasteiger partial charge in [-0.1, -0.05) is 43.7 Å². The summed E-state index contributed by atoms with van der Waals surface area (Å²) in [6, 6.07) is 8.46. The van der Waals surface area contributed by atoms with E-state index in [0.717, 1.165) is 18.6 Å². The van der Waals surface area contributed by atoms with E-state index < -0.39 is 0 Å². The van der Waals surface area contributed by atoms with E-state index >= 15 is 0 Å². The van der Waals surface area contributed by atoms with E-state index in [1.807, 2.05) is 13.8 Å². The van der Waals surface area contributed by atoms with E-state index in [2.05, 4.69) is 31.2 Å². The van der Waals surface area contributed by atoms with Crippen LogP contribution in [0.1, 0.15) is 33.6 Å². The summed E-state index contributed by atoms with van der Waals surface area (Å²) >= 11 is 0. The Kier molecular flexibility index (Phi) is 4.41. The number of benzene rings is 1. The Labute approximate surface area is 92.1 Å². The van der Waals surface area contributed by atoms with Crippen molar-refractivity contribution < 1.29 is 4.74 Å². The zero-order valence-electron chi connectivity index (χ0n) is 10.1. The SMILES string of the molecule is CC.COC1=c2ccccc2=C(C)CC1. The topological polar surface area (TPSA) is 9.23 Å². The fourth-order valence-corrected chi connectivity index (χ4v) is 1.88. The smallest absolute Gasteiger partial charge is 0.104 e. The Morgan fingerprint density at radius 2 is 1.60 bits per heavy atom. The number of fused-ring (bicyclic) bond motifs is 1. The number of ether oxygens (including phenoxy) is 1. The molecule has 15 heavy (non-hydrogen) atoms. The summed E-state index contributed by atoms with van der Waals surface area (Å²) in [6.07, 6.45) is 2.17. The van der Waals surface area contributed by atoms with Crippen molar-refractivity contribution in [1.82, 2.24) is 0 Å². The maximum atomic E-state index is 5.37. The Morgan fingerprint density at radius 1 is 1.00 bits per heavy atom. The van der Waals surface area contributed by atoms with Crippen LogP contribution in [-0.4, -0.2) is 7.11 Å². The minimum atomic E-state index is 1.04. The molecule has 0 fully saturated rings. The summed E-state index contributed by atoms with van der Waals surface area (Å²) in [6.45, 7) is 6.20. The van der Waals surface area contributed by atoms with Gasteiger partial charge in [0.05, 0.1) is 7.11 Å². The number of hydrogen-bond donors (Lipinski definition) is 0. The van der Waals surface area contributed by atoms with E-state index in [0.29, 0.717) is 0 Å². The second kappa shape index (κ2) is 5.59. The largest absolute Gasteiger partial charge is 0.500 e. The molecule has 1 aromatic rings. The van der Waals surface area contributed by atoms with Gasteiger partial charge in [0.1, 0.15) is 5.76 Å². The minimum Gasteiger partial charge on any atom is -0.500 e. The highest BCUT2D eigenvalue weighted by molar-refractivity contribution is 5.53. The summed E-state index contributed by atoms with van der Waals surface area (Å²) in [4.78, 5) is 0. The molecule has 0 amide bonds. The average molecular weight is 204 g/mol. The molecule has 1 heteroatoms. The van der Waals surface area contributed by atoms with Crippen LogP contribution in [0.4, 0.5) is 0 Å². The monoisotopic (exact) mass is 204 g/mol. The maximum absolute atomic E-state index is 5.37. The first-order valence-electron chi connectivity index (χ1n) is 5.65. The lowest BCUT2D eigenvalue weighted by molar-refractivity contribution is 0.348. The van der Waals surface area contributed by atoms with Crippen LogP contribution in [0.25, 0.3) is 11.3 Å². The first-order chi connectivity index (χ1) is 7.33. The molecular formula is C14H20O. The Hall–Kier alpha value is -1.24. The van der Waals surface area contributed by atoms with Gasteiger partial charge in [0.25, 0.3) is 0 Å². The third kappa shape index (κ3) is 2.41. The Bertz CT molecular complexity index is 429. The van der Waals surface area contributed by atoms with Crippen molar-refractivity contribution >= 4 is 11.3 Å². The van der Waals surface area contributed by atoms with Crippen LogP contribution in [-0.2, 0) is 4.74 Å². The van der Waals surface area contributed by atoms with E-state index in [4.69, 9.17) is 4.74 Å². The fourth-order valence-electron chi connectivity index (χ4n) is 1.88. The van der Waals surface area contributed by atoms with Gasteiger partial charge < -0.3 is 4.74 Å². The lowest BCUT2D eigenvalue weighted by Crippen LogP contribution is -2.31. The van der Waals surface area contributed by atoms with Gasteiger partial charge in [-0.15, -0.1) is 0 Å². The maximum Gasteiger partial charge on any atom is 0.104 e. The molecule has 0 saturated heterocycles. The molecule has 0 spiro atoms. The number of hydrogen-bond acceptors (Lipinski definition) is 1. The molecule has 0 N–H and O–H groups in total. The van der Waals surface area contributed by atoms with Gasteiger partial charge >= 0.3 is 0 Å². The predicted octanol–water partition coefficient (Wildman–Crippen LogP) is 2.43. The highest BCUT2D eigenvalue weighted by Gasteiger charge is 2.07. The van der Waals surface area contributed by atoms with E-state index in [1.165, 1.54) is 16.0 Å². The highest BCUT2D eigenvalue weighted by atomic mass is 16.5. The summed E-state index contributed by atoms with van der Waals surface area (Å²) in [5, 5.41) is 2.62. The van der Waals surface area contributed by atoms with Gasteiger partial charge in [-0.2, -0.15) is 0 Å². The molecule has 0 saturated carbocycles. The second-order valence-corrected chi connectivity index (χ2v) is 3.45. The van der Waals surface area contributed by atoms with Crippen molar-refractivity contribution in [3.63, 3.8) is 0 Å². The van der Waals surface area contributed by atoms with Gasteiger partial charge in [-0.25, -0.2) is 0 Å². The minimum absolute atomic E-state index is 1.04. The predicted molar refractivity (Wildman–Crippen MR) is 65.8 cm³/mol. The molecule has 0 bridgehead atoms. The molecule has 0 radical (unpaired) electrons. The zero-order chi connectivity index (χ0) is 11.3. The number of rotatable bonds is 1. The summed E-state index contributed by atoms with van der Waals surface area (Å²) in [5.41, 5.74) is 1.47. The van der Waals surface area contributed by atoms with Crippen LogP contribution in [0.5, 0.6) is 0 Å². The van der Waals surface area contributed by atoms with Crippen LogP contribution in [0.2, 0.25) is 0 Å². The molecule has 0 unspecified atom stereocenters. The summed E-state index contributed by atoms with van der Waals surface area (Å²) in [7, 11) is 1.76. The van der Waals surface area contributed by atoms with Gasteiger partial charge in [0.15, 0.2) is 0 Å². The fraction of sp³-hybridized carbons (Fsp3) is 0.429. The van der Waals surface area contributed by atoms with Gasteiger partial charge in [-0.3, -0.25) is 0 Å². The van der Waals surface area contributed by atoms with Crippen LogP contribution >= 0.6 is 0 Å². The van der Waals surface area contributed by atoms with Gasteiger partial charge in [0.2, 0.25) is 0 Å². The molecule has 2 rings (SSSR count). The molecule has 1 aliphatic carbocycles. The van der Waals surface area contributed by atoms with Gasteiger partial charge in [-0.05, 0) is 18.6 Å². The first kappa shape index (κ1) is 11.8. The molecule has 0 heterocycles. The van der Waals surface area contributed by atoms with Crippen LogP contribution < -0.4 is 10.4 Å². The molecule has 1 nitrogen and oxygen atoms in total. The molecule has 1 aliphatic rings. The normalized spacial score (nSPS) is 13.9. The van der Waals surface area contributed by atoms with Crippen molar-refractivity contribution in [1.29, 1.82) is 0 Å². The Morgan fingerprint density at radius 3 is 2.20 bits per heavy atom. The van der Waals surface area contributed by atoms with Crippen molar-refractivity contribution in [2.24, 2.45) is 0 Å². The van der Waals surface area contributed by atoms with E-state index in [-0.39, 0.29) is 0 Å². The van der Waals surface area contributed by atoms with E-state index in [9.17, 15) is 0 Å². The third-order valence-corrected chi connectivity index (χ3v) is 2.66. The molecule has 0 atom stereocenters. The first-order valence-corrected chi connectivity index (χ1v) is 5.65. The van der Waals surface area contributed by atoms with Crippen molar-refractivity contribution in [2.45, 2.75) is 33.6 Å². The standard InChI is InChI=1S/C12H14O.C2H6/c1-9-7-8-12(13-2)11-6-4-3-5-10(9)11;1-2/h3-6H,7-8H2,1-2H3;1-2H3. The molecule has 1 aromatic carbocycles. The summed E-state index contributed by atoms with van der Waals surface area (Å²) < 4.78 is 5.37. The average Bonchev–Trinajstić information content (AvgIpc) is 2.33. The number of methoxy groups -OCH3 is 1. The third-order valence-electron chi connectivity index (χ3n) is 2.66. The van der Waals surface area contributed by atoms with E-state index in [1.54, 1.807) is 7.11 Å². The quantitative estimate of drug-likeness (QED) is 0.682. The van der Waals surface area contributed by atoms with Crippen molar-refractivity contribution in [3.8, 4) is 0 Å². The van der Waals surface area contributed by atoms with Crippen LogP contribution in [0, 0.1) is 0 Å². The lowest BCUT2D eigenvalue weighted by Gasteiger charge is -2.12. The molecular weight excluding hydrogens is 184 g/mol. The van der Waals surface area contributed by atoms with Gasteiger partial charge in [0, 0.05) is 11.6 Å². The van der Waals surface area contributed by atoms with Crippen LogP contribution in [0.15, 0.2) is 24.3 Å². The molecule has 82 valence electrons. The molecule has 0 aromatic heterocycles. The molecule has 0 aliphatic heterocycles. The Balaban J connectivity index is 0.000000531. The highest BCUT2D eigenvalue weighted by Crippen LogP contribution is 2.13. The van der Waals surface area contributed by atoms with Crippen molar-refractivity contribution in [3.05, 3.63) is 34.7 Å². The second-order valence-electron chi connectivity index (χ2n) is 3.45. The van der Waals surface area contributed by atoms with Crippen molar-refractivity contribution in [2.75, 3.05) is 7.11 Å². The van der Waals surface area contributed by atoms with Crippen LogP contribution in [0.3, 0.4) is 0 Å². The lowest BCUT2D eigenvalue weighted by atomic mass is 10.00.